The molecule has 0 N–H and O–H groups in total. The molecule has 1 aliphatic rings. The van der Waals surface area contributed by atoms with Gasteiger partial charge in [-0.2, -0.15) is 5.10 Å². The molecule has 24 heavy (non-hydrogen) atoms. The zero-order valence-electron chi connectivity index (χ0n) is 14.3. The highest BCUT2D eigenvalue weighted by molar-refractivity contribution is 6.03. The molecule has 0 radical (unpaired) electrons. The van der Waals surface area contributed by atoms with Gasteiger partial charge in [0.15, 0.2) is 5.65 Å². The van der Waals surface area contributed by atoms with E-state index in [2.05, 4.69) is 10.1 Å². The second-order valence-corrected chi connectivity index (χ2v) is 6.52. The van der Waals surface area contributed by atoms with E-state index in [9.17, 15) is 9.59 Å². The minimum atomic E-state index is -0.830. The first-order valence-corrected chi connectivity index (χ1v) is 8.14. The Morgan fingerprint density at radius 1 is 1.38 bits per heavy atom. The molecule has 128 valence electrons. The van der Waals surface area contributed by atoms with Crippen LogP contribution in [-0.4, -0.2) is 39.4 Å². The molecule has 7 nitrogen and oxygen atoms in total. The van der Waals surface area contributed by atoms with E-state index in [0.29, 0.717) is 23.0 Å². The maximum Gasteiger partial charge on any atom is 0.347 e. The summed E-state index contributed by atoms with van der Waals surface area (Å²) in [6, 6.07) is 1.84. The molecule has 1 saturated heterocycles. The van der Waals surface area contributed by atoms with Gasteiger partial charge in [-0.25, -0.2) is 19.3 Å². The third-order valence-electron chi connectivity index (χ3n) is 4.02. The van der Waals surface area contributed by atoms with Crippen LogP contribution in [0.15, 0.2) is 12.3 Å². The van der Waals surface area contributed by atoms with Crippen LogP contribution < -0.4 is 0 Å². The van der Waals surface area contributed by atoms with Crippen molar-refractivity contribution >= 4 is 23.0 Å². The summed E-state index contributed by atoms with van der Waals surface area (Å²) in [4.78, 5) is 28.8. The summed E-state index contributed by atoms with van der Waals surface area (Å²) < 4.78 is 12.0. The molecule has 1 fully saturated rings. The smallest absolute Gasteiger partial charge is 0.347 e. The van der Waals surface area contributed by atoms with Crippen molar-refractivity contribution in [3.05, 3.63) is 23.5 Å². The monoisotopic (exact) mass is 331 g/mol. The fourth-order valence-electron chi connectivity index (χ4n) is 2.66. The number of carbonyl (C=O) groups excluding carboxylic acids is 2. The van der Waals surface area contributed by atoms with Gasteiger partial charge in [-0.1, -0.05) is 13.8 Å². The molecule has 1 atom stereocenters. The average Bonchev–Trinajstić information content (AvgIpc) is 3.12. The SMILES string of the molecule is CC(C)c1cc(C(=O)O[C@H]2CCOC2=O)c2cnn(C(C)C)c2n1. The number of nitrogens with zero attached hydrogens (tertiary/aromatic N) is 3. The summed E-state index contributed by atoms with van der Waals surface area (Å²) in [5.41, 5.74) is 1.82. The molecule has 0 aromatic carbocycles. The molecule has 2 aromatic rings. The van der Waals surface area contributed by atoms with Crippen LogP contribution >= 0.6 is 0 Å². The lowest BCUT2D eigenvalue weighted by molar-refractivity contribution is -0.145. The fraction of sp³-hybridized carbons (Fsp3) is 0.529. The molecule has 0 aliphatic carbocycles. The molecule has 0 saturated carbocycles. The molecular formula is C17H21N3O4. The van der Waals surface area contributed by atoms with Crippen molar-refractivity contribution in [1.29, 1.82) is 0 Å². The van der Waals surface area contributed by atoms with Crippen LogP contribution in [-0.2, 0) is 14.3 Å². The molecule has 7 heteroatoms. The van der Waals surface area contributed by atoms with Crippen molar-refractivity contribution in [3.8, 4) is 0 Å². The van der Waals surface area contributed by atoms with Crippen LogP contribution in [0.2, 0.25) is 0 Å². The Hall–Kier alpha value is -2.44. The van der Waals surface area contributed by atoms with Gasteiger partial charge in [0.1, 0.15) is 0 Å². The van der Waals surface area contributed by atoms with Crippen LogP contribution in [0.1, 0.15) is 62.1 Å². The van der Waals surface area contributed by atoms with Crippen molar-refractivity contribution in [3.63, 3.8) is 0 Å². The number of aromatic nitrogens is 3. The van der Waals surface area contributed by atoms with Crippen molar-refractivity contribution in [2.24, 2.45) is 0 Å². The highest BCUT2D eigenvalue weighted by Gasteiger charge is 2.31. The van der Waals surface area contributed by atoms with Gasteiger partial charge in [0, 0.05) is 18.2 Å². The van der Waals surface area contributed by atoms with Gasteiger partial charge in [0.25, 0.3) is 0 Å². The van der Waals surface area contributed by atoms with E-state index in [1.165, 1.54) is 0 Å². The zero-order chi connectivity index (χ0) is 17.4. The van der Waals surface area contributed by atoms with Crippen molar-refractivity contribution < 1.29 is 19.1 Å². The third-order valence-corrected chi connectivity index (χ3v) is 4.02. The Bertz CT molecular complexity index is 794. The average molecular weight is 331 g/mol. The number of hydrogen-bond donors (Lipinski definition) is 0. The largest absolute Gasteiger partial charge is 0.463 e. The second-order valence-electron chi connectivity index (χ2n) is 6.52. The van der Waals surface area contributed by atoms with Gasteiger partial charge < -0.3 is 9.47 Å². The van der Waals surface area contributed by atoms with Gasteiger partial charge in [-0.05, 0) is 25.8 Å². The molecular weight excluding hydrogens is 310 g/mol. The Balaban J connectivity index is 2.05. The minimum absolute atomic E-state index is 0.117. The van der Waals surface area contributed by atoms with Gasteiger partial charge >= 0.3 is 11.9 Å². The summed E-state index contributed by atoms with van der Waals surface area (Å²) in [6.45, 7) is 8.30. The van der Waals surface area contributed by atoms with Gasteiger partial charge in [-0.3, -0.25) is 0 Å². The molecule has 3 heterocycles. The lowest BCUT2D eigenvalue weighted by Crippen LogP contribution is -2.23. The molecule has 1 aliphatic heterocycles. The van der Waals surface area contributed by atoms with Crippen molar-refractivity contribution in [1.82, 2.24) is 14.8 Å². The van der Waals surface area contributed by atoms with Gasteiger partial charge in [0.2, 0.25) is 6.10 Å². The molecule has 0 spiro atoms. The lowest BCUT2D eigenvalue weighted by Gasteiger charge is -2.13. The second kappa shape index (κ2) is 6.22. The Kier molecular flexibility index (Phi) is 4.26. The van der Waals surface area contributed by atoms with Crippen LogP contribution in [0, 0.1) is 0 Å². The van der Waals surface area contributed by atoms with E-state index in [0.717, 1.165) is 5.69 Å². The predicted octanol–water partition coefficient (Wildman–Crippen LogP) is 2.61. The number of pyridine rings is 1. The van der Waals surface area contributed by atoms with Crippen LogP contribution in [0.3, 0.4) is 0 Å². The Morgan fingerprint density at radius 3 is 2.71 bits per heavy atom. The predicted molar refractivity (Wildman–Crippen MR) is 86.8 cm³/mol. The normalized spacial score (nSPS) is 17.8. The first kappa shape index (κ1) is 16.4. The van der Waals surface area contributed by atoms with E-state index in [-0.39, 0.29) is 18.6 Å². The Morgan fingerprint density at radius 2 is 2.12 bits per heavy atom. The lowest BCUT2D eigenvalue weighted by atomic mass is 10.1. The summed E-state index contributed by atoms with van der Waals surface area (Å²) in [6.07, 6.45) is 1.18. The summed E-state index contributed by atoms with van der Waals surface area (Å²) in [7, 11) is 0. The van der Waals surface area contributed by atoms with Crippen LogP contribution in [0.4, 0.5) is 0 Å². The van der Waals surface area contributed by atoms with Crippen LogP contribution in [0.5, 0.6) is 0 Å². The summed E-state index contributed by atoms with van der Waals surface area (Å²) >= 11 is 0. The summed E-state index contributed by atoms with van der Waals surface area (Å²) in [5, 5.41) is 4.97. The molecule has 0 unspecified atom stereocenters. The fourth-order valence-corrected chi connectivity index (χ4v) is 2.66. The third kappa shape index (κ3) is 2.86. The van der Waals surface area contributed by atoms with E-state index in [1.807, 2.05) is 27.7 Å². The molecule has 0 amide bonds. The highest BCUT2D eigenvalue weighted by atomic mass is 16.6. The first-order valence-electron chi connectivity index (χ1n) is 8.14. The number of carbonyl (C=O) groups is 2. The van der Waals surface area contributed by atoms with E-state index in [1.54, 1.807) is 16.9 Å². The maximum absolute atomic E-state index is 12.6. The van der Waals surface area contributed by atoms with E-state index in [4.69, 9.17) is 9.47 Å². The minimum Gasteiger partial charge on any atom is -0.463 e. The molecule has 3 rings (SSSR count). The van der Waals surface area contributed by atoms with Crippen molar-refractivity contribution in [2.45, 2.75) is 52.2 Å². The summed E-state index contributed by atoms with van der Waals surface area (Å²) in [5.74, 6) is -0.889. The number of fused-ring (bicyclic) bond motifs is 1. The van der Waals surface area contributed by atoms with Crippen LogP contribution in [0.25, 0.3) is 11.0 Å². The van der Waals surface area contributed by atoms with E-state index < -0.39 is 18.0 Å². The highest BCUT2D eigenvalue weighted by Crippen LogP contribution is 2.25. The van der Waals surface area contributed by atoms with E-state index >= 15 is 0 Å². The number of ether oxygens (including phenoxy) is 2. The maximum atomic E-state index is 12.6. The topological polar surface area (TPSA) is 83.3 Å². The quantitative estimate of drug-likeness (QED) is 0.801. The number of cyclic esters (lactones) is 1. The molecule has 0 bridgehead atoms. The number of esters is 2. The van der Waals surface area contributed by atoms with Crippen molar-refractivity contribution in [2.75, 3.05) is 6.61 Å². The Labute approximate surface area is 139 Å². The number of rotatable bonds is 4. The molecule has 2 aromatic heterocycles. The first-order chi connectivity index (χ1) is 11.4. The number of hydrogen-bond acceptors (Lipinski definition) is 6. The standard InChI is InChI=1S/C17H21N3O4/c1-9(2)13-7-11(16(21)24-14-5-6-23-17(14)22)12-8-18-20(10(3)4)15(12)19-13/h7-10,14H,5-6H2,1-4H3/t14-/m0/s1. The van der Waals surface area contributed by atoms with Gasteiger partial charge in [0.05, 0.1) is 23.8 Å². The zero-order valence-corrected chi connectivity index (χ0v) is 14.3. The van der Waals surface area contributed by atoms with Gasteiger partial charge in [-0.15, -0.1) is 0 Å².